The Balaban J connectivity index is 1.72. The van der Waals surface area contributed by atoms with Crippen LogP contribution >= 0.6 is 0 Å². The molecular weight excluding hydrogens is 336 g/mol. The molecule has 9 nitrogen and oxygen atoms in total. The van der Waals surface area contributed by atoms with Gasteiger partial charge < -0.3 is 29.2 Å². The minimum Gasteiger partial charge on any atom is -0.481 e. The molecule has 9 heteroatoms. The number of esters is 2. The molecular formula is C16H24O9. The van der Waals surface area contributed by atoms with E-state index < -0.39 is 36.4 Å². The van der Waals surface area contributed by atoms with Crippen molar-refractivity contribution in [1.29, 1.82) is 0 Å². The number of hydrogen-bond acceptors (Lipinski definition) is 8. The number of fused-ring (bicyclic) bond motifs is 1. The summed E-state index contributed by atoms with van der Waals surface area (Å²) in [5, 5.41) is 17.3. The van der Waals surface area contributed by atoms with Gasteiger partial charge in [0.2, 0.25) is 0 Å². The van der Waals surface area contributed by atoms with Gasteiger partial charge in [-0.15, -0.1) is 0 Å². The van der Waals surface area contributed by atoms with E-state index in [-0.39, 0.29) is 51.5 Å². The van der Waals surface area contributed by atoms with Crippen LogP contribution in [0.2, 0.25) is 0 Å². The summed E-state index contributed by atoms with van der Waals surface area (Å²) in [5.74, 6) is -1.83. The number of unbranched alkanes of at least 4 members (excludes halogenated alkanes) is 1. The topological polar surface area (TPSA) is 129 Å². The van der Waals surface area contributed by atoms with Crippen molar-refractivity contribution < 1.29 is 43.5 Å². The SMILES string of the molecule is O=C(O)CCCC(=O)O[C@@H]1CO[C@H]2[C@@H]1OC[C@@H]2OC(=O)CCCCO. The van der Waals surface area contributed by atoms with Crippen LogP contribution in [0.25, 0.3) is 0 Å². The van der Waals surface area contributed by atoms with Gasteiger partial charge in [0.1, 0.15) is 12.2 Å². The van der Waals surface area contributed by atoms with E-state index in [1.165, 1.54) is 0 Å². The molecule has 0 aliphatic carbocycles. The molecule has 0 radical (unpaired) electrons. The summed E-state index contributed by atoms with van der Waals surface area (Å²) in [7, 11) is 0. The zero-order valence-corrected chi connectivity index (χ0v) is 13.9. The van der Waals surface area contributed by atoms with Gasteiger partial charge >= 0.3 is 17.9 Å². The molecule has 2 fully saturated rings. The normalized spacial score (nSPS) is 27.7. The van der Waals surface area contributed by atoms with Crippen LogP contribution in [0.15, 0.2) is 0 Å². The van der Waals surface area contributed by atoms with Crippen molar-refractivity contribution in [2.24, 2.45) is 0 Å². The van der Waals surface area contributed by atoms with E-state index in [1.807, 2.05) is 0 Å². The van der Waals surface area contributed by atoms with E-state index in [1.54, 1.807) is 0 Å². The molecule has 2 heterocycles. The van der Waals surface area contributed by atoms with E-state index in [0.717, 1.165) is 0 Å². The van der Waals surface area contributed by atoms with Crippen molar-refractivity contribution in [3.05, 3.63) is 0 Å². The molecule has 2 N–H and O–H groups in total. The number of aliphatic hydroxyl groups is 1. The van der Waals surface area contributed by atoms with Crippen LogP contribution in [0.1, 0.15) is 38.5 Å². The summed E-state index contributed by atoms with van der Waals surface area (Å²) in [4.78, 5) is 33.9. The van der Waals surface area contributed by atoms with Crippen LogP contribution in [0, 0.1) is 0 Å². The van der Waals surface area contributed by atoms with E-state index >= 15 is 0 Å². The van der Waals surface area contributed by atoms with E-state index in [0.29, 0.717) is 12.8 Å². The van der Waals surface area contributed by atoms with E-state index in [4.69, 9.17) is 29.2 Å². The quantitative estimate of drug-likeness (QED) is 0.409. The van der Waals surface area contributed by atoms with Crippen molar-refractivity contribution in [3.8, 4) is 0 Å². The number of aliphatic hydroxyl groups excluding tert-OH is 1. The Labute approximate surface area is 145 Å². The molecule has 0 amide bonds. The Hall–Kier alpha value is -1.71. The fourth-order valence-electron chi connectivity index (χ4n) is 2.85. The highest BCUT2D eigenvalue weighted by atomic mass is 16.7. The van der Waals surface area contributed by atoms with Gasteiger partial charge in [0.05, 0.1) is 13.2 Å². The average molecular weight is 360 g/mol. The molecule has 0 unspecified atom stereocenters. The van der Waals surface area contributed by atoms with Gasteiger partial charge in [0.15, 0.2) is 12.2 Å². The smallest absolute Gasteiger partial charge is 0.306 e. The fraction of sp³-hybridized carbons (Fsp3) is 0.812. The Kier molecular flexibility index (Phi) is 7.60. The fourth-order valence-corrected chi connectivity index (χ4v) is 2.85. The number of rotatable bonds is 10. The number of carboxylic acids is 1. The van der Waals surface area contributed by atoms with Gasteiger partial charge in [-0.1, -0.05) is 0 Å². The third kappa shape index (κ3) is 5.94. The monoisotopic (exact) mass is 360 g/mol. The van der Waals surface area contributed by atoms with E-state index in [9.17, 15) is 14.4 Å². The third-order valence-electron chi connectivity index (χ3n) is 4.09. The molecule has 2 saturated heterocycles. The molecule has 142 valence electrons. The molecule has 2 aliphatic heterocycles. The highest BCUT2D eigenvalue weighted by molar-refractivity contribution is 5.71. The summed E-state index contributed by atoms with van der Waals surface area (Å²) in [6, 6.07) is 0. The summed E-state index contributed by atoms with van der Waals surface area (Å²) in [6.45, 7) is 0.361. The van der Waals surface area contributed by atoms with Crippen molar-refractivity contribution in [2.45, 2.75) is 62.9 Å². The zero-order valence-electron chi connectivity index (χ0n) is 13.9. The van der Waals surface area contributed by atoms with Crippen LogP contribution in [0.4, 0.5) is 0 Å². The predicted molar refractivity (Wildman–Crippen MR) is 81.7 cm³/mol. The largest absolute Gasteiger partial charge is 0.481 e. The lowest BCUT2D eigenvalue weighted by Crippen LogP contribution is -2.36. The van der Waals surface area contributed by atoms with Crippen molar-refractivity contribution in [1.82, 2.24) is 0 Å². The third-order valence-corrected chi connectivity index (χ3v) is 4.09. The van der Waals surface area contributed by atoms with E-state index in [2.05, 4.69) is 0 Å². The summed E-state index contributed by atoms with van der Waals surface area (Å²) in [5.41, 5.74) is 0. The Morgan fingerprint density at radius 1 is 0.840 bits per heavy atom. The number of aliphatic carboxylic acids is 1. The number of carbonyl (C=O) groups excluding carboxylic acids is 2. The lowest BCUT2D eigenvalue weighted by molar-refractivity contribution is -0.155. The Morgan fingerprint density at radius 2 is 1.36 bits per heavy atom. The molecule has 0 aromatic rings. The maximum absolute atomic E-state index is 11.7. The van der Waals surface area contributed by atoms with Crippen LogP contribution in [-0.4, -0.2) is 72.4 Å². The molecule has 0 aromatic carbocycles. The summed E-state index contributed by atoms with van der Waals surface area (Å²) >= 11 is 0. The maximum atomic E-state index is 11.7. The van der Waals surface area contributed by atoms with Gasteiger partial charge in [-0.2, -0.15) is 0 Å². The summed E-state index contributed by atoms with van der Waals surface area (Å²) < 4.78 is 21.7. The molecule has 4 atom stereocenters. The predicted octanol–water partition coefficient (Wildman–Crippen LogP) is 0.0251. The van der Waals surface area contributed by atoms with Crippen molar-refractivity contribution >= 4 is 17.9 Å². The molecule has 25 heavy (non-hydrogen) atoms. The van der Waals surface area contributed by atoms with Crippen molar-refractivity contribution in [2.75, 3.05) is 19.8 Å². The molecule has 0 aromatic heterocycles. The first-order valence-electron chi connectivity index (χ1n) is 8.46. The summed E-state index contributed by atoms with van der Waals surface area (Å²) in [6.07, 6.45) is -0.634. The van der Waals surface area contributed by atoms with Gasteiger partial charge in [-0.05, 0) is 19.3 Å². The second kappa shape index (κ2) is 9.69. The lowest BCUT2D eigenvalue weighted by atomic mass is 10.1. The molecule has 0 bridgehead atoms. The first kappa shape index (κ1) is 19.6. The highest BCUT2D eigenvalue weighted by Gasteiger charge is 2.51. The highest BCUT2D eigenvalue weighted by Crippen LogP contribution is 2.31. The number of ether oxygens (including phenoxy) is 4. The molecule has 0 spiro atoms. The molecule has 2 rings (SSSR count). The number of carbonyl (C=O) groups is 3. The molecule has 0 saturated carbocycles. The standard InChI is InChI=1S/C16H24O9/c17-7-2-1-5-13(20)24-10-8-22-16-11(9-23-15(10)16)25-14(21)6-3-4-12(18)19/h10-11,15-17H,1-9H2,(H,18,19)/t10-,11+,15+,16+/m0/s1. The average Bonchev–Trinajstić information content (AvgIpc) is 3.11. The van der Waals surface area contributed by atoms with Gasteiger partial charge in [-0.3, -0.25) is 14.4 Å². The first-order valence-corrected chi connectivity index (χ1v) is 8.46. The van der Waals surface area contributed by atoms with Gasteiger partial charge in [0, 0.05) is 25.9 Å². The van der Waals surface area contributed by atoms with Crippen LogP contribution < -0.4 is 0 Å². The second-order valence-electron chi connectivity index (χ2n) is 6.08. The minimum atomic E-state index is -0.958. The molecule has 2 aliphatic rings. The second-order valence-corrected chi connectivity index (χ2v) is 6.08. The van der Waals surface area contributed by atoms with Crippen molar-refractivity contribution in [3.63, 3.8) is 0 Å². The Bertz CT molecular complexity index is 478. The van der Waals surface area contributed by atoms with Gasteiger partial charge in [0.25, 0.3) is 0 Å². The first-order chi connectivity index (χ1) is 12.0. The van der Waals surface area contributed by atoms with Crippen LogP contribution in [0.3, 0.4) is 0 Å². The van der Waals surface area contributed by atoms with Crippen LogP contribution in [0.5, 0.6) is 0 Å². The van der Waals surface area contributed by atoms with Crippen LogP contribution in [-0.2, 0) is 33.3 Å². The Morgan fingerprint density at radius 3 is 1.84 bits per heavy atom. The van der Waals surface area contributed by atoms with Gasteiger partial charge in [-0.25, -0.2) is 0 Å². The minimum absolute atomic E-state index is 0.0173. The number of carboxylic acid groups (broad SMARTS) is 1. The lowest BCUT2D eigenvalue weighted by Gasteiger charge is -2.17. The maximum Gasteiger partial charge on any atom is 0.306 e. The zero-order chi connectivity index (χ0) is 18.2. The number of hydrogen-bond donors (Lipinski definition) is 2.